The number of anilines is 1. The van der Waals surface area contributed by atoms with E-state index in [9.17, 15) is 18.0 Å². The number of primary amides is 1. The van der Waals surface area contributed by atoms with Gasteiger partial charge in [0.15, 0.2) is 0 Å². The second-order valence-corrected chi connectivity index (χ2v) is 4.92. The first kappa shape index (κ1) is 15.5. The molecule has 1 saturated heterocycles. The highest BCUT2D eigenvalue weighted by atomic mass is 19.4. The van der Waals surface area contributed by atoms with Crippen molar-refractivity contribution in [2.45, 2.75) is 25.1 Å². The van der Waals surface area contributed by atoms with Crippen LogP contribution in [0.2, 0.25) is 0 Å². The van der Waals surface area contributed by atoms with Crippen LogP contribution in [0.4, 0.5) is 19.1 Å². The number of hydrogen-bond acceptors (Lipinski definition) is 5. The third-order valence-corrected chi connectivity index (χ3v) is 3.25. The number of likely N-dealkylation sites (tertiary alicyclic amines) is 1. The molecule has 1 aromatic rings. The minimum absolute atomic E-state index is 0.0161. The number of piperidine rings is 1. The minimum Gasteiger partial charge on any atom is -0.369 e. The average molecular weight is 303 g/mol. The molecule has 1 aliphatic rings. The second kappa shape index (κ2) is 6.25. The number of aromatic nitrogens is 2. The number of carbonyl (C=O) groups is 1. The zero-order valence-electron chi connectivity index (χ0n) is 11.2. The fourth-order valence-corrected chi connectivity index (χ4v) is 2.22. The number of amides is 1. The van der Waals surface area contributed by atoms with Gasteiger partial charge in [-0.15, -0.1) is 0 Å². The lowest BCUT2D eigenvalue weighted by atomic mass is 10.1. The summed E-state index contributed by atoms with van der Waals surface area (Å²) < 4.78 is 37.7. The molecule has 0 radical (unpaired) electrons. The maximum atomic E-state index is 12.6. The Morgan fingerprint density at radius 3 is 2.67 bits per heavy atom. The molecule has 1 aliphatic heterocycles. The second-order valence-electron chi connectivity index (χ2n) is 4.92. The van der Waals surface area contributed by atoms with Gasteiger partial charge in [-0.25, -0.2) is 9.97 Å². The number of nitrogens with zero attached hydrogens (tertiary/aromatic N) is 3. The Bertz CT molecular complexity index is 500. The largest absolute Gasteiger partial charge is 0.433 e. The summed E-state index contributed by atoms with van der Waals surface area (Å²) in [6, 6.07) is 0.818. The molecule has 1 fully saturated rings. The summed E-state index contributed by atoms with van der Waals surface area (Å²) in [7, 11) is 0. The SMILES string of the molecule is NC(=O)CN1CCC(Nc2nccc(C(F)(F)F)n2)CC1. The third kappa shape index (κ3) is 4.55. The van der Waals surface area contributed by atoms with Crippen molar-refractivity contribution in [3.05, 3.63) is 18.0 Å². The summed E-state index contributed by atoms with van der Waals surface area (Å²) in [6.07, 6.45) is -2.02. The highest BCUT2D eigenvalue weighted by Crippen LogP contribution is 2.27. The van der Waals surface area contributed by atoms with Gasteiger partial charge in [-0.3, -0.25) is 9.69 Å². The molecule has 2 heterocycles. The fourth-order valence-electron chi connectivity index (χ4n) is 2.22. The highest BCUT2D eigenvalue weighted by molar-refractivity contribution is 5.75. The lowest BCUT2D eigenvalue weighted by Crippen LogP contribution is -2.43. The number of nitrogens with one attached hydrogen (secondary N) is 1. The Morgan fingerprint density at radius 1 is 1.43 bits per heavy atom. The maximum absolute atomic E-state index is 12.6. The van der Waals surface area contributed by atoms with Crippen LogP contribution in [-0.4, -0.2) is 46.5 Å². The molecular weight excluding hydrogens is 287 g/mol. The Labute approximate surface area is 119 Å². The summed E-state index contributed by atoms with van der Waals surface area (Å²) in [5, 5.41) is 2.90. The van der Waals surface area contributed by atoms with Crippen LogP contribution in [0.25, 0.3) is 0 Å². The number of halogens is 3. The van der Waals surface area contributed by atoms with E-state index in [1.54, 1.807) is 0 Å². The third-order valence-electron chi connectivity index (χ3n) is 3.25. The van der Waals surface area contributed by atoms with E-state index in [-0.39, 0.29) is 24.4 Å². The fraction of sp³-hybridized carbons (Fsp3) is 0.583. The standard InChI is InChI=1S/C12H16F3N5O/c13-12(14,15)9-1-4-17-11(19-9)18-8-2-5-20(6-3-8)7-10(16)21/h1,4,8H,2-3,5-7H2,(H2,16,21)(H,17,18,19). The van der Waals surface area contributed by atoms with E-state index < -0.39 is 11.9 Å². The zero-order valence-corrected chi connectivity index (χ0v) is 11.2. The first-order valence-corrected chi connectivity index (χ1v) is 6.52. The first-order chi connectivity index (χ1) is 9.84. The van der Waals surface area contributed by atoms with Gasteiger partial charge in [0.25, 0.3) is 0 Å². The van der Waals surface area contributed by atoms with Gasteiger partial charge >= 0.3 is 6.18 Å². The highest BCUT2D eigenvalue weighted by Gasteiger charge is 2.33. The molecule has 0 atom stereocenters. The van der Waals surface area contributed by atoms with Crippen LogP contribution in [0.15, 0.2) is 12.3 Å². The van der Waals surface area contributed by atoms with Gasteiger partial charge in [0.2, 0.25) is 11.9 Å². The molecule has 21 heavy (non-hydrogen) atoms. The monoisotopic (exact) mass is 303 g/mol. The van der Waals surface area contributed by atoms with Crippen molar-refractivity contribution in [2.24, 2.45) is 5.73 Å². The molecule has 1 aromatic heterocycles. The lowest BCUT2D eigenvalue weighted by molar-refractivity contribution is -0.141. The molecule has 1 amide bonds. The van der Waals surface area contributed by atoms with Crippen LogP contribution < -0.4 is 11.1 Å². The van der Waals surface area contributed by atoms with Crippen molar-refractivity contribution < 1.29 is 18.0 Å². The molecule has 3 N–H and O–H groups in total. The van der Waals surface area contributed by atoms with Gasteiger partial charge < -0.3 is 11.1 Å². The van der Waals surface area contributed by atoms with Gasteiger partial charge in [-0.2, -0.15) is 13.2 Å². The Morgan fingerprint density at radius 2 is 2.10 bits per heavy atom. The molecule has 0 saturated carbocycles. The molecule has 0 spiro atoms. The smallest absolute Gasteiger partial charge is 0.369 e. The van der Waals surface area contributed by atoms with Gasteiger partial charge in [0, 0.05) is 25.3 Å². The van der Waals surface area contributed by atoms with Crippen LogP contribution in [0.5, 0.6) is 0 Å². The Kier molecular flexibility index (Phi) is 4.61. The van der Waals surface area contributed by atoms with E-state index in [4.69, 9.17) is 5.73 Å². The van der Waals surface area contributed by atoms with Crippen LogP contribution in [0, 0.1) is 0 Å². The van der Waals surface area contributed by atoms with Gasteiger partial charge in [0.05, 0.1) is 6.54 Å². The van der Waals surface area contributed by atoms with Crippen molar-refractivity contribution >= 4 is 11.9 Å². The van der Waals surface area contributed by atoms with Crippen molar-refractivity contribution in [2.75, 3.05) is 25.0 Å². The molecule has 9 heteroatoms. The predicted octanol–water partition coefficient (Wildman–Crippen LogP) is 0.857. The van der Waals surface area contributed by atoms with Crippen LogP contribution >= 0.6 is 0 Å². The molecular formula is C12H16F3N5O. The van der Waals surface area contributed by atoms with Crippen LogP contribution in [-0.2, 0) is 11.0 Å². The van der Waals surface area contributed by atoms with Crippen LogP contribution in [0.1, 0.15) is 18.5 Å². The van der Waals surface area contributed by atoms with Crippen molar-refractivity contribution in [3.8, 4) is 0 Å². The summed E-state index contributed by atoms with van der Waals surface area (Å²) in [5.74, 6) is -0.416. The van der Waals surface area contributed by atoms with E-state index in [1.807, 2.05) is 4.90 Å². The quantitative estimate of drug-likeness (QED) is 0.862. The van der Waals surface area contributed by atoms with E-state index in [2.05, 4.69) is 15.3 Å². The summed E-state index contributed by atoms with van der Waals surface area (Å²) >= 11 is 0. The molecule has 0 aliphatic carbocycles. The topological polar surface area (TPSA) is 84.1 Å². The first-order valence-electron chi connectivity index (χ1n) is 6.52. The van der Waals surface area contributed by atoms with Gasteiger partial charge in [0.1, 0.15) is 5.69 Å². The Hall–Kier alpha value is -1.90. The number of carbonyl (C=O) groups excluding carboxylic acids is 1. The van der Waals surface area contributed by atoms with E-state index >= 15 is 0 Å². The molecule has 0 aromatic carbocycles. The predicted molar refractivity (Wildman–Crippen MR) is 69.3 cm³/mol. The lowest BCUT2D eigenvalue weighted by Gasteiger charge is -2.31. The molecule has 116 valence electrons. The Balaban J connectivity index is 1.90. The average Bonchev–Trinajstić information content (AvgIpc) is 2.40. The normalized spacial score (nSPS) is 17.7. The molecule has 2 rings (SSSR count). The van der Waals surface area contributed by atoms with E-state index in [0.29, 0.717) is 25.9 Å². The van der Waals surface area contributed by atoms with E-state index in [1.165, 1.54) is 0 Å². The van der Waals surface area contributed by atoms with Gasteiger partial charge in [-0.1, -0.05) is 0 Å². The molecule has 0 unspecified atom stereocenters. The molecule has 0 bridgehead atoms. The van der Waals surface area contributed by atoms with Crippen molar-refractivity contribution in [1.29, 1.82) is 0 Å². The minimum atomic E-state index is -4.48. The van der Waals surface area contributed by atoms with E-state index in [0.717, 1.165) is 12.3 Å². The summed E-state index contributed by atoms with van der Waals surface area (Å²) in [6.45, 7) is 1.51. The zero-order chi connectivity index (χ0) is 15.5. The van der Waals surface area contributed by atoms with Gasteiger partial charge in [-0.05, 0) is 18.9 Å². The number of rotatable bonds is 4. The summed E-state index contributed by atoms with van der Waals surface area (Å²) in [5.41, 5.74) is 4.15. The molecule has 6 nitrogen and oxygen atoms in total. The van der Waals surface area contributed by atoms with Crippen LogP contribution in [0.3, 0.4) is 0 Å². The van der Waals surface area contributed by atoms with Crippen molar-refractivity contribution in [3.63, 3.8) is 0 Å². The number of nitrogens with two attached hydrogens (primary N) is 1. The maximum Gasteiger partial charge on any atom is 0.433 e. The summed E-state index contributed by atoms with van der Waals surface area (Å²) in [4.78, 5) is 20.0. The van der Waals surface area contributed by atoms with Crippen molar-refractivity contribution in [1.82, 2.24) is 14.9 Å². The number of alkyl halides is 3. The number of hydrogen-bond donors (Lipinski definition) is 2.